The summed E-state index contributed by atoms with van der Waals surface area (Å²) in [5.74, 6) is 0.958. The average molecular weight is 236 g/mol. The Labute approximate surface area is 102 Å². The third-order valence-electron chi connectivity index (χ3n) is 3.03. The summed E-state index contributed by atoms with van der Waals surface area (Å²) in [6.07, 6.45) is 5.04. The lowest BCUT2D eigenvalue weighted by molar-refractivity contribution is 0.121. The predicted octanol–water partition coefficient (Wildman–Crippen LogP) is 0.811. The van der Waals surface area contributed by atoms with E-state index in [2.05, 4.69) is 27.1 Å². The summed E-state index contributed by atoms with van der Waals surface area (Å²) in [6.45, 7) is 5.72. The van der Waals surface area contributed by atoms with Crippen LogP contribution in [0.3, 0.4) is 0 Å². The van der Waals surface area contributed by atoms with Crippen LogP contribution in [0, 0.1) is 0 Å². The van der Waals surface area contributed by atoms with Gasteiger partial charge in [-0.1, -0.05) is 6.92 Å². The van der Waals surface area contributed by atoms with Crippen molar-refractivity contribution in [2.24, 2.45) is 0 Å². The normalized spacial score (nSPS) is 19.9. The van der Waals surface area contributed by atoms with E-state index in [4.69, 9.17) is 4.74 Å². The molecule has 17 heavy (non-hydrogen) atoms. The van der Waals surface area contributed by atoms with Crippen LogP contribution in [0.5, 0.6) is 0 Å². The minimum absolute atomic E-state index is 0.328. The van der Waals surface area contributed by atoms with Crippen LogP contribution in [0.25, 0.3) is 0 Å². The van der Waals surface area contributed by atoms with E-state index in [0.717, 1.165) is 44.1 Å². The van der Waals surface area contributed by atoms with Crippen LogP contribution < -0.4 is 10.2 Å². The zero-order chi connectivity index (χ0) is 12.1. The molecule has 5 nitrogen and oxygen atoms in total. The molecule has 0 bridgehead atoms. The van der Waals surface area contributed by atoms with Crippen LogP contribution in [-0.2, 0) is 11.3 Å². The summed E-state index contributed by atoms with van der Waals surface area (Å²) >= 11 is 0. The van der Waals surface area contributed by atoms with Gasteiger partial charge in [-0.25, -0.2) is 4.98 Å². The fourth-order valence-electron chi connectivity index (χ4n) is 2.01. The predicted molar refractivity (Wildman–Crippen MR) is 67.0 cm³/mol. The highest BCUT2D eigenvalue weighted by Gasteiger charge is 2.23. The van der Waals surface area contributed by atoms with Gasteiger partial charge in [0.25, 0.3) is 0 Å². The Morgan fingerprint density at radius 3 is 3.12 bits per heavy atom. The highest BCUT2D eigenvalue weighted by Crippen LogP contribution is 2.18. The molecule has 0 radical (unpaired) electrons. The van der Waals surface area contributed by atoms with Crippen molar-refractivity contribution in [1.29, 1.82) is 0 Å². The lowest BCUT2D eigenvalue weighted by atomic mass is 10.3. The SMILES string of the molecule is CCNCc1cncc(N2CCC(OC)C2)n1. The number of rotatable bonds is 5. The molecule has 1 fully saturated rings. The number of anilines is 1. The molecule has 2 heterocycles. The van der Waals surface area contributed by atoms with Gasteiger partial charge < -0.3 is 15.0 Å². The van der Waals surface area contributed by atoms with Crippen molar-refractivity contribution < 1.29 is 4.74 Å². The smallest absolute Gasteiger partial charge is 0.147 e. The van der Waals surface area contributed by atoms with Crippen LogP contribution in [0.1, 0.15) is 19.0 Å². The van der Waals surface area contributed by atoms with E-state index < -0.39 is 0 Å². The van der Waals surface area contributed by atoms with Crippen molar-refractivity contribution in [3.63, 3.8) is 0 Å². The van der Waals surface area contributed by atoms with E-state index in [9.17, 15) is 0 Å². The minimum Gasteiger partial charge on any atom is -0.380 e. The molecule has 5 heteroatoms. The molecule has 0 aliphatic carbocycles. The van der Waals surface area contributed by atoms with Crippen molar-refractivity contribution in [3.05, 3.63) is 18.1 Å². The van der Waals surface area contributed by atoms with Crippen molar-refractivity contribution in [2.45, 2.75) is 26.0 Å². The molecular formula is C12H20N4O. The fraction of sp³-hybridized carbons (Fsp3) is 0.667. The van der Waals surface area contributed by atoms with E-state index >= 15 is 0 Å². The van der Waals surface area contributed by atoms with Crippen LogP contribution in [-0.4, -0.2) is 42.8 Å². The fourth-order valence-corrected chi connectivity index (χ4v) is 2.01. The lowest BCUT2D eigenvalue weighted by Gasteiger charge is -2.17. The topological polar surface area (TPSA) is 50.3 Å². The summed E-state index contributed by atoms with van der Waals surface area (Å²) in [6, 6.07) is 0. The Kier molecular flexibility index (Phi) is 4.28. The van der Waals surface area contributed by atoms with E-state index in [0.29, 0.717) is 6.10 Å². The summed E-state index contributed by atoms with van der Waals surface area (Å²) in [4.78, 5) is 11.1. The molecule has 0 amide bonds. The highest BCUT2D eigenvalue weighted by atomic mass is 16.5. The van der Waals surface area contributed by atoms with Gasteiger partial charge in [0.15, 0.2) is 0 Å². The molecular weight excluding hydrogens is 216 g/mol. The van der Waals surface area contributed by atoms with E-state index in [1.165, 1.54) is 0 Å². The first-order valence-electron chi connectivity index (χ1n) is 6.13. The Morgan fingerprint density at radius 2 is 2.41 bits per heavy atom. The molecule has 1 aliphatic rings. The Bertz CT molecular complexity index is 358. The number of methoxy groups -OCH3 is 1. The lowest BCUT2D eigenvalue weighted by Crippen LogP contribution is -2.24. The Hall–Kier alpha value is -1.20. The number of nitrogens with one attached hydrogen (secondary N) is 1. The van der Waals surface area contributed by atoms with Crippen LogP contribution in [0.4, 0.5) is 5.82 Å². The van der Waals surface area contributed by atoms with Crippen LogP contribution >= 0.6 is 0 Å². The van der Waals surface area contributed by atoms with Crippen molar-refractivity contribution in [1.82, 2.24) is 15.3 Å². The number of aromatic nitrogens is 2. The third kappa shape index (κ3) is 3.14. The van der Waals surface area contributed by atoms with Gasteiger partial charge in [-0.05, 0) is 13.0 Å². The molecule has 1 N–H and O–H groups in total. The second-order valence-corrected chi connectivity index (χ2v) is 4.24. The first kappa shape index (κ1) is 12.3. The summed E-state index contributed by atoms with van der Waals surface area (Å²) in [7, 11) is 1.77. The van der Waals surface area contributed by atoms with Crippen molar-refractivity contribution >= 4 is 5.82 Å². The molecule has 1 atom stereocenters. The second-order valence-electron chi connectivity index (χ2n) is 4.24. The molecule has 1 aromatic heterocycles. The molecule has 1 unspecified atom stereocenters. The third-order valence-corrected chi connectivity index (χ3v) is 3.03. The second kappa shape index (κ2) is 5.93. The molecule has 0 saturated carbocycles. The van der Waals surface area contributed by atoms with E-state index in [1.807, 2.05) is 12.4 Å². The molecule has 1 saturated heterocycles. The van der Waals surface area contributed by atoms with E-state index in [-0.39, 0.29) is 0 Å². The molecule has 0 aromatic carbocycles. The summed E-state index contributed by atoms with van der Waals surface area (Å²) in [5.41, 5.74) is 0.991. The first-order chi connectivity index (χ1) is 8.33. The number of hydrogen-bond donors (Lipinski definition) is 1. The molecule has 0 spiro atoms. The van der Waals surface area contributed by atoms with Crippen molar-refractivity contribution in [3.8, 4) is 0 Å². The molecule has 1 aromatic rings. The van der Waals surface area contributed by atoms with Gasteiger partial charge in [-0.3, -0.25) is 4.98 Å². The molecule has 1 aliphatic heterocycles. The maximum Gasteiger partial charge on any atom is 0.147 e. The zero-order valence-corrected chi connectivity index (χ0v) is 10.5. The number of hydrogen-bond acceptors (Lipinski definition) is 5. The van der Waals surface area contributed by atoms with Gasteiger partial charge in [0.05, 0.1) is 18.0 Å². The van der Waals surface area contributed by atoms with Gasteiger partial charge in [0, 0.05) is 32.9 Å². The van der Waals surface area contributed by atoms with Gasteiger partial charge in [0.2, 0.25) is 0 Å². The molecule has 2 rings (SSSR count). The largest absolute Gasteiger partial charge is 0.380 e. The summed E-state index contributed by atoms with van der Waals surface area (Å²) in [5, 5.41) is 3.26. The standard InChI is InChI=1S/C12H20N4O/c1-3-13-6-10-7-14-8-12(15-10)16-5-4-11(9-16)17-2/h7-8,11,13H,3-6,9H2,1-2H3. The maximum atomic E-state index is 5.36. The Balaban J connectivity index is 2.01. The van der Waals surface area contributed by atoms with E-state index in [1.54, 1.807) is 7.11 Å². The number of ether oxygens (including phenoxy) is 1. The maximum absolute atomic E-state index is 5.36. The quantitative estimate of drug-likeness (QED) is 0.820. The monoisotopic (exact) mass is 236 g/mol. The average Bonchev–Trinajstić information content (AvgIpc) is 2.85. The van der Waals surface area contributed by atoms with Gasteiger partial charge in [-0.15, -0.1) is 0 Å². The Morgan fingerprint density at radius 1 is 1.53 bits per heavy atom. The number of nitrogens with zero attached hydrogens (tertiary/aromatic N) is 3. The van der Waals surface area contributed by atoms with Crippen molar-refractivity contribution in [2.75, 3.05) is 31.6 Å². The highest BCUT2D eigenvalue weighted by molar-refractivity contribution is 5.38. The van der Waals surface area contributed by atoms with Gasteiger partial charge in [-0.2, -0.15) is 0 Å². The summed E-state index contributed by atoms with van der Waals surface area (Å²) < 4.78 is 5.36. The molecule has 94 valence electrons. The first-order valence-corrected chi connectivity index (χ1v) is 6.13. The van der Waals surface area contributed by atoms with Gasteiger partial charge >= 0.3 is 0 Å². The van der Waals surface area contributed by atoms with Crippen LogP contribution in [0.15, 0.2) is 12.4 Å². The van der Waals surface area contributed by atoms with Gasteiger partial charge in [0.1, 0.15) is 5.82 Å². The zero-order valence-electron chi connectivity index (χ0n) is 10.5. The van der Waals surface area contributed by atoms with Crippen LogP contribution in [0.2, 0.25) is 0 Å². The minimum atomic E-state index is 0.328.